The van der Waals surface area contributed by atoms with Gasteiger partial charge in [0.2, 0.25) is 5.82 Å². The molecule has 0 aromatic heterocycles. The van der Waals surface area contributed by atoms with Crippen molar-refractivity contribution < 1.29 is 39.5 Å². The van der Waals surface area contributed by atoms with Crippen LogP contribution in [-0.2, 0) is 0 Å². The molecule has 0 heterocycles. The van der Waals surface area contributed by atoms with Crippen LogP contribution in [0.5, 0.6) is 0 Å². The van der Waals surface area contributed by atoms with Gasteiger partial charge in [-0.25, -0.2) is 26.3 Å². The third-order valence-electron chi connectivity index (χ3n) is 1.68. The van der Waals surface area contributed by atoms with Crippen molar-refractivity contribution >= 4 is 0 Å². The Morgan fingerprint density at radius 2 is 0.941 bits per heavy atom. The van der Waals surface area contributed by atoms with Crippen LogP contribution in [0, 0.1) is 35.3 Å². The molecule has 0 fully saturated rings. The van der Waals surface area contributed by atoms with Crippen molar-refractivity contribution in [1.82, 2.24) is 0 Å². The Kier molecular flexibility index (Phi) is 3.30. The summed E-state index contributed by atoms with van der Waals surface area (Å²) in [6.07, 6.45) is -9.26. The lowest BCUT2D eigenvalue weighted by Gasteiger charge is -2.13. The van der Waals surface area contributed by atoms with Crippen LogP contribution in [0.3, 0.4) is 0 Å². The van der Waals surface area contributed by atoms with Gasteiger partial charge in [-0.3, -0.25) is 0 Å². The van der Waals surface area contributed by atoms with Crippen LogP contribution in [0.25, 0.3) is 0 Å². The summed E-state index contributed by atoms with van der Waals surface area (Å²) < 4.78 is 111. The lowest BCUT2D eigenvalue weighted by molar-refractivity contribution is -0.131. The normalized spacial score (nSPS) is 12.4. The zero-order valence-corrected chi connectivity index (χ0v) is 7.40. The topological polar surface area (TPSA) is 0 Å². The molecule has 0 spiro atoms. The Morgan fingerprint density at radius 3 is 1.24 bits per heavy atom. The Bertz CT molecular complexity index is 418. The molecule has 1 rings (SSSR count). The number of alkyl halides is 3. The minimum atomic E-state index is -5.86. The molecule has 0 saturated heterocycles. The summed E-state index contributed by atoms with van der Waals surface area (Å²) in [4.78, 5) is 0. The highest BCUT2D eigenvalue weighted by Crippen LogP contribution is 2.39. The summed E-state index contributed by atoms with van der Waals surface area (Å²) in [5.41, 5.74) is -2.63. The van der Waals surface area contributed by atoms with E-state index in [1.807, 2.05) is 0 Å². The highest BCUT2D eigenvalue weighted by molar-refractivity contribution is 5.34. The van der Waals surface area contributed by atoms with Gasteiger partial charge in [-0.15, -0.1) is 0 Å². The molecule has 0 atom stereocenters. The van der Waals surface area contributed by atoms with Gasteiger partial charge in [-0.05, 0) is 0 Å². The third-order valence-corrected chi connectivity index (χ3v) is 1.68. The molecule has 9 heteroatoms. The predicted molar refractivity (Wildman–Crippen MR) is 35.7 cm³/mol. The van der Waals surface area contributed by atoms with Crippen molar-refractivity contribution in [3.05, 3.63) is 40.8 Å². The van der Waals surface area contributed by atoms with Crippen molar-refractivity contribution in [3.63, 3.8) is 0 Å². The van der Waals surface area contributed by atoms with Gasteiger partial charge in [-0.1, -0.05) is 0 Å². The van der Waals surface area contributed by atoms with Crippen molar-refractivity contribution in [2.75, 3.05) is 0 Å². The van der Waals surface area contributed by atoms with E-state index in [0.717, 1.165) is 0 Å². The van der Waals surface area contributed by atoms with E-state index in [0.29, 0.717) is 0 Å². The van der Waals surface area contributed by atoms with E-state index >= 15 is 0 Å². The first-order valence-corrected chi connectivity index (χ1v) is 3.70. The van der Waals surface area contributed by atoms with Gasteiger partial charge in [-0.2, -0.15) is 13.2 Å². The van der Waals surface area contributed by atoms with Gasteiger partial charge >= 0.3 is 6.18 Å². The lowest BCUT2D eigenvalue weighted by atomic mass is 10.1. The largest absolute Gasteiger partial charge is 0.431 e. The summed E-state index contributed by atoms with van der Waals surface area (Å²) in [7, 11) is 0. The SMILES string of the molecule is F[C](c1c(F)c(F)c(F)c(F)c1F)C(F)(F)F. The van der Waals surface area contributed by atoms with Crippen LogP contribution >= 0.6 is 0 Å². The monoisotopic (exact) mass is 267 g/mol. The second-order valence-corrected chi connectivity index (χ2v) is 2.76. The minimum absolute atomic E-state index is 2.63. The summed E-state index contributed by atoms with van der Waals surface area (Å²) in [5, 5.41) is 0. The number of hydrogen-bond donors (Lipinski definition) is 0. The number of halogens is 9. The molecule has 1 aromatic carbocycles. The van der Waals surface area contributed by atoms with E-state index in [4.69, 9.17) is 0 Å². The molecule has 0 aliphatic heterocycles. The maximum absolute atomic E-state index is 12.7. The van der Waals surface area contributed by atoms with Crippen LogP contribution in [-0.4, -0.2) is 6.18 Å². The van der Waals surface area contributed by atoms with Gasteiger partial charge in [0.05, 0.1) is 5.56 Å². The molecule has 0 amide bonds. The first-order valence-electron chi connectivity index (χ1n) is 3.70. The van der Waals surface area contributed by atoms with E-state index < -0.39 is 47.0 Å². The first kappa shape index (κ1) is 13.7. The van der Waals surface area contributed by atoms with Crippen LogP contribution in [0.1, 0.15) is 5.56 Å². The Balaban J connectivity index is 3.55. The van der Waals surface area contributed by atoms with Crippen molar-refractivity contribution in [1.29, 1.82) is 0 Å². The highest BCUT2D eigenvalue weighted by Gasteiger charge is 2.48. The average molecular weight is 267 g/mol. The molecule has 95 valence electrons. The molecule has 1 aromatic rings. The predicted octanol–water partition coefficient (Wildman–Crippen LogP) is 3.79. The molecule has 1 radical (unpaired) electrons. The van der Waals surface area contributed by atoms with E-state index in [9.17, 15) is 39.5 Å². The van der Waals surface area contributed by atoms with Gasteiger partial charge in [0, 0.05) is 0 Å². The second-order valence-electron chi connectivity index (χ2n) is 2.76. The standard InChI is InChI=1S/C8F9/c9-2-1(7(14)8(15,16)17)3(10)5(12)6(13)4(2)11. The molecule has 0 aliphatic rings. The highest BCUT2D eigenvalue weighted by atomic mass is 19.4. The first-order chi connectivity index (χ1) is 7.59. The summed E-state index contributed by atoms with van der Waals surface area (Å²) in [6, 6.07) is 0. The summed E-state index contributed by atoms with van der Waals surface area (Å²) in [5.74, 6) is -13.7. The van der Waals surface area contributed by atoms with Crippen LogP contribution in [0.2, 0.25) is 0 Å². The number of benzene rings is 1. The number of hydrogen-bond acceptors (Lipinski definition) is 0. The van der Waals surface area contributed by atoms with Crippen molar-refractivity contribution in [2.24, 2.45) is 0 Å². The van der Waals surface area contributed by atoms with Crippen LogP contribution in [0.15, 0.2) is 0 Å². The van der Waals surface area contributed by atoms with Crippen molar-refractivity contribution in [3.8, 4) is 0 Å². The molecule has 0 aliphatic carbocycles. The molecule has 0 bridgehead atoms. The van der Waals surface area contributed by atoms with Gasteiger partial charge in [0.1, 0.15) is 0 Å². The minimum Gasteiger partial charge on any atom is -0.224 e. The quantitative estimate of drug-likeness (QED) is 0.412. The Hall–Kier alpha value is -1.41. The molecule has 0 nitrogen and oxygen atoms in total. The molecule has 0 saturated carbocycles. The van der Waals surface area contributed by atoms with Crippen LogP contribution in [0.4, 0.5) is 39.5 Å². The van der Waals surface area contributed by atoms with Crippen LogP contribution < -0.4 is 0 Å². The molecule has 0 unspecified atom stereocenters. The Morgan fingerprint density at radius 1 is 0.647 bits per heavy atom. The summed E-state index contributed by atoms with van der Waals surface area (Å²) in [6.45, 7) is 0. The second kappa shape index (κ2) is 4.11. The Labute approximate surface area is 87.7 Å². The third kappa shape index (κ3) is 2.18. The van der Waals surface area contributed by atoms with E-state index in [1.54, 1.807) is 0 Å². The van der Waals surface area contributed by atoms with Gasteiger partial charge in [0.25, 0.3) is 6.17 Å². The van der Waals surface area contributed by atoms with E-state index in [-0.39, 0.29) is 0 Å². The molecular weight excluding hydrogens is 267 g/mol. The number of rotatable bonds is 1. The fourth-order valence-corrected chi connectivity index (χ4v) is 0.939. The fraction of sp³-hybridized carbons (Fsp3) is 0.125. The summed E-state index contributed by atoms with van der Waals surface area (Å²) >= 11 is 0. The molecule has 17 heavy (non-hydrogen) atoms. The maximum atomic E-state index is 12.7. The molecular formula is C8F9. The smallest absolute Gasteiger partial charge is 0.224 e. The lowest BCUT2D eigenvalue weighted by Crippen LogP contribution is -2.22. The maximum Gasteiger partial charge on any atom is 0.431 e. The molecule has 0 N–H and O–H groups in total. The van der Waals surface area contributed by atoms with E-state index in [1.165, 1.54) is 0 Å². The van der Waals surface area contributed by atoms with Crippen molar-refractivity contribution in [2.45, 2.75) is 6.18 Å². The van der Waals surface area contributed by atoms with Gasteiger partial charge < -0.3 is 0 Å². The van der Waals surface area contributed by atoms with E-state index in [2.05, 4.69) is 0 Å². The average Bonchev–Trinajstić information content (AvgIpc) is 2.22. The zero-order valence-electron chi connectivity index (χ0n) is 7.40. The van der Waals surface area contributed by atoms with Gasteiger partial charge in [0.15, 0.2) is 23.3 Å². The fourth-order valence-electron chi connectivity index (χ4n) is 0.939. The zero-order chi connectivity index (χ0) is 13.5.